The minimum absolute atomic E-state index is 0.128. The fraction of sp³-hybridized carbons (Fsp3) is 0.263. The first-order valence-electron chi connectivity index (χ1n) is 7.95. The van der Waals surface area contributed by atoms with E-state index in [1.807, 2.05) is 55.4 Å². The highest BCUT2D eigenvalue weighted by atomic mass is 35.5. The minimum Gasteiger partial charge on any atom is -0.376 e. The summed E-state index contributed by atoms with van der Waals surface area (Å²) in [5.41, 5.74) is 2.37. The van der Waals surface area contributed by atoms with Gasteiger partial charge in [0, 0.05) is 26.0 Å². The van der Waals surface area contributed by atoms with Crippen molar-refractivity contribution in [1.29, 1.82) is 0 Å². The van der Waals surface area contributed by atoms with E-state index in [0.717, 1.165) is 11.3 Å². The molecule has 0 saturated heterocycles. The van der Waals surface area contributed by atoms with E-state index in [9.17, 15) is 9.59 Å². The van der Waals surface area contributed by atoms with Crippen LogP contribution in [0.1, 0.15) is 24.9 Å². The summed E-state index contributed by atoms with van der Waals surface area (Å²) in [6.45, 7) is 1.44. The first-order valence-corrected chi connectivity index (χ1v) is 8.33. The maximum atomic E-state index is 12.5. The second-order valence-electron chi connectivity index (χ2n) is 5.97. The van der Waals surface area contributed by atoms with E-state index in [1.165, 1.54) is 6.92 Å². The Morgan fingerprint density at radius 1 is 1.12 bits per heavy atom. The van der Waals surface area contributed by atoms with E-state index in [2.05, 4.69) is 10.6 Å². The molecule has 2 rings (SSSR count). The lowest BCUT2D eigenvalue weighted by molar-refractivity contribution is -0.120. The Morgan fingerprint density at radius 3 is 2.40 bits per heavy atom. The second kappa shape index (κ2) is 8.53. The summed E-state index contributed by atoms with van der Waals surface area (Å²) in [4.78, 5) is 25.9. The highest BCUT2D eigenvalue weighted by Gasteiger charge is 2.18. The molecule has 0 aliphatic heterocycles. The van der Waals surface area contributed by atoms with Gasteiger partial charge in [0.15, 0.2) is 0 Å². The molecule has 0 bridgehead atoms. The number of nitrogens with zero attached hydrogens (tertiary/aromatic N) is 1. The van der Waals surface area contributed by atoms with Crippen LogP contribution in [0.15, 0.2) is 48.5 Å². The van der Waals surface area contributed by atoms with Crippen molar-refractivity contribution in [2.45, 2.75) is 19.4 Å². The van der Waals surface area contributed by atoms with E-state index in [0.29, 0.717) is 10.7 Å². The summed E-state index contributed by atoms with van der Waals surface area (Å²) in [5, 5.41) is 6.26. The van der Waals surface area contributed by atoms with Gasteiger partial charge in [-0.05, 0) is 23.8 Å². The highest BCUT2D eigenvalue weighted by Crippen LogP contribution is 2.28. The summed E-state index contributed by atoms with van der Waals surface area (Å²) in [6, 6.07) is 14.4. The van der Waals surface area contributed by atoms with Gasteiger partial charge in [-0.1, -0.05) is 41.9 Å². The molecule has 0 aliphatic carbocycles. The minimum atomic E-state index is -0.388. The van der Waals surface area contributed by atoms with Gasteiger partial charge < -0.3 is 15.5 Å². The van der Waals surface area contributed by atoms with Gasteiger partial charge in [-0.3, -0.25) is 9.59 Å². The van der Waals surface area contributed by atoms with Crippen molar-refractivity contribution in [3.63, 3.8) is 0 Å². The summed E-state index contributed by atoms with van der Waals surface area (Å²) in [6.07, 6.45) is 0.128. The van der Waals surface area contributed by atoms with Gasteiger partial charge in [-0.25, -0.2) is 0 Å². The lowest BCUT2D eigenvalue weighted by Gasteiger charge is -2.21. The van der Waals surface area contributed by atoms with Crippen molar-refractivity contribution < 1.29 is 9.59 Å². The van der Waals surface area contributed by atoms with Crippen LogP contribution in [-0.4, -0.2) is 25.9 Å². The average Bonchev–Trinajstić information content (AvgIpc) is 2.54. The molecule has 2 amide bonds. The molecular weight excluding hydrogens is 338 g/mol. The third-order valence-corrected chi connectivity index (χ3v) is 3.92. The zero-order valence-electron chi connectivity index (χ0n) is 14.5. The summed E-state index contributed by atoms with van der Waals surface area (Å²) in [5.74, 6) is -0.383. The molecule has 1 unspecified atom stereocenters. The van der Waals surface area contributed by atoms with Gasteiger partial charge in [-0.2, -0.15) is 0 Å². The first kappa shape index (κ1) is 18.8. The molecular formula is C19H22ClN3O2. The molecule has 0 aromatic heterocycles. The van der Waals surface area contributed by atoms with Gasteiger partial charge in [0.05, 0.1) is 23.8 Å². The molecule has 132 valence electrons. The van der Waals surface area contributed by atoms with E-state index in [1.54, 1.807) is 12.1 Å². The molecule has 0 radical (unpaired) electrons. The fourth-order valence-electron chi connectivity index (χ4n) is 2.57. The van der Waals surface area contributed by atoms with Crippen LogP contribution in [0.5, 0.6) is 0 Å². The Bertz CT molecular complexity index is 748. The van der Waals surface area contributed by atoms with Crippen LogP contribution in [0.4, 0.5) is 11.4 Å². The molecule has 0 aliphatic rings. The number of amides is 2. The number of rotatable bonds is 6. The van der Waals surface area contributed by atoms with Crippen LogP contribution in [0, 0.1) is 0 Å². The number of hydrogen-bond donors (Lipinski definition) is 2. The fourth-order valence-corrected chi connectivity index (χ4v) is 2.74. The third kappa shape index (κ3) is 5.50. The number of halogens is 1. The highest BCUT2D eigenvalue weighted by molar-refractivity contribution is 6.31. The maximum Gasteiger partial charge on any atom is 0.226 e. The lowest BCUT2D eigenvalue weighted by Crippen LogP contribution is -2.30. The molecule has 1 atom stereocenters. The molecule has 0 fully saturated rings. The maximum absolute atomic E-state index is 12.5. The monoisotopic (exact) mass is 359 g/mol. The van der Waals surface area contributed by atoms with Crippen molar-refractivity contribution >= 4 is 34.8 Å². The van der Waals surface area contributed by atoms with Gasteiger partial charge in [0.1, 0.15) is 0 Å². The average molecular weight is 360 g/mol. The molecule has 2 N–H and O–H groups in total. The normalized spacial score (nSPS) is 11.5. The van der Waals surface area contributed by atoms with Gasteiger partial charge in [-0.15, -0.1) is 0 Å². The number of carbonyl (C=O) groups is 2. The molecule has 6 heteroatoms. The summed E-state index contributed by atoms with van der Waals surface area (Å²) >= 11 is 6.05. The third-order valence-electron chi connectivity index (χ3n) is 3.68. The molecule has 0 spiro atoms. The Hall–Kier alpha value is -2.53. The van der Waals surface area contributed by atoms with Crippen LogP contribution in [0.3, 0.4) is 0 Å². The van der Waals surface area contributed by atoms with Gasteiger partial charge in [0.2, 0.25) is 11.8 Å². The van der Waals surface area contributed by atoms with Crippen molar-refractivity contribution in [1.82, 2.24) is 5.32 Å². The van der Waals surface area contributed by atoms with E-state index in [4.69, 9.17) is 11.6 Å². The Balaban J connectivity index is 2.17. The zero-order valence-corrected chi connectivity index (χ0v) is 15.3. The van der Waals surface area contributed by atoms with Gasteiger partial charge in [0.25, 0.3) is 0 Å². The zero-order chi connectivity index (χ0) is 18.4. The van der Waals surface area contributed by atoms with E-state index < -0.39 is 0 Å². The van der Waals surface area contributed by atoms with Crippen molar-refractivity contribution in [2.75, 3.05) is 24.3 Å². The SMILES string of the molecule is CC(=O)NC(CC(=O)Nc1cc(Cl)ccc1N(C)C)c1ccccc1. The molecule has 0 heterocycles. The topological polar surface area (TPSA) is 61.4 Å². The van der Waals surface area contributed by atoms with Crippen LogP contribution in [0.2, 0.25) is 5.02 Å². The van der Waals surface area contributed by atoms with Crippen molar-refractivity contribution in [2.24, 2.45) is 0 Å². The van der Waals surface area contributed by atoms with Crippen LogP contribution in [0.25, 0.3) is 0 Å². The quantitative estimate of drug-likeness (QED) is 0.828. The molecule has 5 nitrogen and oxygen atoms in total. The summed E-state index contributed by atoms with van der Waals surface area (Å²) < 4.78 is 0. The molecule has 2 aromatic carbocycles. The Labute approximate surface area is 153 Å². The predicted molar refractivity (Wildman–Crippen MR) is 102 cm³/mol. The second-order valence-corrected chi connectivity index (χ2v) is 6.41. The lowest BCUT2D eigenvalue weighted by atomic mass is 10.0. The smallest absolute Gasteiger partial charge is 0.226 e. The van der Waals surface area contributed by atoms with Crippen LogP contribution in [-0.2, 0) is 9.59 Å². The van der Waals surface area contributed by atoms with E-state index in [-0.39, 0.29) is 24.3 Å². The largest absolute Gasteiger partial charge is 0.376 e. The molecule has 25 heavy (non-hydrogen) atoms. The van der Waals surface area contributed by atoms with Crippen molar-refractivity contribution in [3.05, 3.63) is 59.1 Å². The Kier molecular flexibility index (Phi) is 6.42. The van der Waals surface area contributed by atoms with Crippen LogP contribution < -0.4 is 15.5 Å². The Morgan fingerprint density at radius 2 is 1.80 bits per heavy atom. The summed E-state index contributed by atoms with van der Waals surface area (Å²) in [7, 11) is 3.78. The number of anilines is 2. The number of hydrogen-bond acceptors (Lipinski definition) is 3. The van der Waals surface area contributed by atoms with Crippen LogP contribution >= 0.6 is 11.6 Å². The standard InChI is InChI=1S/C19H22ClN3O2/c1-13(24)21-16(14-7-5-4-6-8-14)12-19(25)22-17-11-15(20)9-10-18(17)23(2)3/h4-11,16H,12H2,1-3H3,(H,21,24)(H,22,25). The van der Waals surface area contributed by atoms with E-state index >= 15 is 0 Å². The number of benzene rings is 2. The number of nitrogens with one attached hydrogen (secondary N) is 2. The first-order chi connectivity index (χ1) is 11.9. The number of carbonyl (C=O) groups excluding carboxylic acids is 2. The van der Waals surface area contributed by atoms with Crippen molar-refractivity contribution in [3.8, 4) is 0 Å². The molecule has 0 saturated carbocycles. The molecule has 2 aromatic rings. The van der Waals surface area contributed by atoms with Gasteiger partial charge >= 0.3 is 0 Å². The predicted octanol–water partition coefficient (Wildman–Crippen LogP) is 3.61.